The van der Waals surface area contributed by atoms with E-state index >= 15 is 0 Å². The van der Waals surface area contributed by atoms with Crippen LogP contribution >= 0.6 is 0 Å². The molecule has 0 aliphatic carbocycles. The number of rotatable bonds is 9. The molecule has 0 saturated carbocycles. The summed E-state index contributed by atoms with van der Waals surface area (Å²) in [5.74, 6) is 1.84. The van der Waals surface area contributed by atoms with Crippen LogP contribution in [-0.2, 0) is 16.1 Å². The third-order valence-corrected chi connectivity index (χ3v) is 7.37. The zero-order chi connectivity index (χ0) is 26.5. The van der Waals surface area contributed by atoms with Crippen molar-refractivity contribution in [1.82, 2.24) is 14.8 Å². The third-order valence-electron chi connectivity index (χ3n) is 7.37. The molecule has 5 rings (SSSR count). The highest BCUT2D eigenvalue weighted by Crippen LogP contribution is 2.29. The van der Waals surface area contributed by atoms with Crippen LogP contribution in [0.25, 0.3) is 10.9 Å². The molecule has 8 heteroatoms. The van der Waals surface area contributed by atoms with Gasteiger partial charge in [-0.25, -0.2) is 4.98 Å². The molecule has 8 nitrogen and oxygen atoms in total. The van der Waals surface area contributed by atoms with Gasteiger partial charge in [-0.2, -0.15) is 0 Å². The Morgan fingerprint density at radius 2 is 1.87 bits per heavy atom. The lowest BCUT2D eigenvalue weighted by Crippen LogP contribution is -2.39. The molecule has 0 unspecified atom stereocenters. The zero-order valence-corrected chi connectivity index (χ0v) is 22.3. The van der Waals surface area contributed by atoms with Crippen LogP contribution in [0, 0.1) is 6.92 Å². The molecule has 0 atom stereocenters. The second-order valence-corrected chi connectivity index (χ2v) is 10.1. The van der Waals surface area contributed by atoms with E-state index in [0.29, 0.717) is 44.8 Å². The van der Waals surface area contributed by atoms with Crippen molar-refractivity contribution < 1.29 is 19.1 Å². The minimum Gasteiger partial charge on any atom is -0.497 e. The van der Waals surface area contributed by atoms with Crippen molar-refractivity contribution in [3.05, 3.63) is 65.2 Å². The number of benzene rings is 2. The van der Waals surface area contributed by atoms with Crippen LogP contribution in [-0.4, -0.2) is 79.6 Å². The lowest BCUT2D eigenvalue weighted by atomic mass is 10.1. The topological polar surface area (TPSA) is 75.2 Å². The summed E-state index contributed by atoms with van der Waals surface area (Å²) in [5, 5.41) is 1.00. The first-order chi connectivity index (χ1) is 18.5. The SMILES string of the molecule is COc1ccc2cc(CN(CCCN3CCCC3=O)C(=O)c3ccc(C)cc3)c(N3CCOCC3)nc2c1. The minimum atomic E-state index is -0.0134. The first-order valence-corrected chi connectivity index (χ1v) is 13.5. The minimum absolute atomic E-state index is 0.0134. The number of methoxy groups -OCH3 is 1. The van der Waals surface area contributed by atoms with Gasteiger partial charge in [-0.05, 0) is 50.1 Å². The quantitative estimate of drug-likeness (QED) is 0.427. The van der Waals surface area contributed by atoms with Crippen LogP contribution in [0.5, 0.6) is 5.75 Å². The predicted molar refractivity (Wildman–Crippen MR) is 148 cm³/mol. The molecule has 1 aromatic heterocycles. The number of hydrogen-bond donors (Lipinski definition) is 0. The average Bonchev–Trinajstić information content (AvgIpc) is 3.36. The maximum Gasteiger partial charge on any atom is 0.254 e. The summed E-state index contributed by atoms with van der Waals surface area (Å²) in [6.45, 7) is 7.27. The van der Waals surface area contributed by atoms with Gasteiger partial charge in [-0.15, -0.1) is 0 Å². The number of carbonyl (C=O) groups excluding carboxylic acids is 2. The molecular weight excluding hydrogens is 480 g/mol. The van der Waals surface area contributed by atoms with Crippen LogP contribution < -0.4 is 9.64 Å². The van der Waals surface area contributed by atoms with Crippen molar-refractivity contribution in [3.63, 3.8) is 0 Å². The van der Waals surface area contributed by atoms with Gasteiger partial charge in [0.2, 0.25) is 5.91 Å². The molecule has 0 radical (unpaired) electrons. The zero-order valence-electron chi connectivity index (χ0n) is 22.3. The van der Waals surface area contributed by atoms with E-state index in [4.69, 9.17) is 14.5 Å². The molecule has 3 heterocycles. The summed E-state index contributed by atoms with van der Waals surface area (Å²) in [7, 11) is 1.66. The van der Waals surface area contributed by atoms with E-state index in [0.717, 1.165) is 66.1 Å². The molecular formula is C30H36N4O4. The summed E-state index contributed by atoms with van der Waals surface area (Å²) >= 11 is 0. The van der Waals surface area contributed by atoms with Crippen molar-refractivity contribution in [2.45, 2.75) is 32.7 Å². The molecule has 2 fully saturated rings. The summed E-state index contributed by atoms with van der Waals surface area (Å²) in [5.41, 5.74) is 3.64. The third kappa shape index (κ3) is 5.91. The lowest BCUT2D eigenvalue weighted by Gasteiger charge is -2.31. The number of carbonyl (C=O) groups is 2. The van der Waals surface area contributed by atoms with Gasteiger partial charge in [0.15, 0.2) is 0 Å². The Morgan fingerprint density at radius 3 is 2.58 bits per heavy atom. The van der Waals surface area contributed by atoms with Gasteiger partial charge in [0, 0.05) is 68.3 Å². The van der Waals surface area contributed by atoms with Crippen LogP contribution in [0.1, 0.15) is 40.7 Å². The van der Waals surface area contributed by atoms with Gasteiger partial charge < -0.3 is 24.2 Å². The molecule has 2 saturated heterocycles. The number of aryl methyl sites for hydroxylation is 1. The predicted octanol–water partition coefficient (Wildman–Crippen LogP) is 4.04. The summed E-state index contributed by atoms with van der Waals surface area (Å²) < 4.78 is 11.0. The molecule has 200 valence electrons. The Hall–Kier alpha value is -3.65. The molecule has 0 N–H and O–H groups in total. The van der Waals surface area contributed by atoms with Gasteiger partial charge in [-0.1, -0.05) is 17.7 Å². The normalized spacial score (nSPS) is 15.8. The van der Waals surface area contributed by atoms with Crippen LogP contribution in [0.3, 0.4) is 0 Å². The van der Waals surface area contributed by atoms with Gasteiger partial charge >= 0.3 is 0 Å². The maximum absolute atomic E-state index is 13.8. The van der Waals surface area contributed by atoms with Gasteiger partial charge in [0.05, 0.1) is 25.8 Å². The van der Waals surface area contributed by atoms with Crippen LogP contribution in [0.2, 0.25) is 0 Å². The molecule has 0 bridgehead atoms. The first kappa shape index (κ1) is 26.0. The Morgan fingerprint density at radius 1 is 1.08 bits per heavy atom. The maximum atomic E-state index is 13.8. The summed E-state index contributed by atoms with van der Waals surface area (Å²) in [6.07, 6.45) is 2.28. The van der Waals surface area contributed by atoms with Crippen molar-refractivity contribution in [3.8, 4) is 5.75 Å². The van der Waals surface area contributed by atoms with E-state index < -0.39 is 0 Å². The number of anilines is 1. The number of pyridine rings is 1. The summed E-state index contributed by atoms with van der Waals surface area (Å²) in [4.78, 5) is 37.0. The first-order valence-electron chi connectivity index (χ1n) is 13.5. The highest BCUT2D eigenvalue weighted by molar-refractivity contribution is 5.94. The van der Waals surface area contributed by atoms with Gasteiger partial charge in [0.25, 0.3) is 5.91 Å². The monoisotopic (exact) mass is 516 g/mol. The van der Waals surface area contributed by atoms with Gasteiger partial charge in [-0.3, -0.25) is 9.59 Å². The molecule has 2 aliphatic rings. The Balaban J connectivity index is 1.46. The number of fused-ring (bicyclic) bond motifs is 1. The number of aromatic nitrogens is 1. The molecule has 0 spiro atoms. The van der Waals surface area contributed by atoms with E-state index in [9.17, 15) is 9.59 Å². The number of ether oxygens (including phenoxy) is 2. The highest BCUT2D eigenvalue weighted by Gasteiger charge is 2.24. The van der Waals surface area contributed by atoms with Crippen molar-refractivity contribution in [2.75, 3.05) is 57.9 Å². The van der Waals surface area contributed by atoms with E-state index in [-0.39, 0.29) is 11.8 Å². The second-order valence-electron chi connectivity index (χ2n) is 10.1. The fourth-order valence-electron chi connectivity index (χ4n) is 5.20. The second kappa shape index (κ2) is 11.8. The van der Waals surface area contributed by atoms with Crippen LogP contribution in [0.15, 0.2) is 48.5 Å². The molecule has 2 aromatic carbocycles. The van der Waals surface area contributed by atoms with Crippen molar-refractivity contribution in [1.29, 1.82) is 0 Å². The van der Waals surface area contributed by atoms with E-state index in [2.05, 4.69) is 11.0 Å². The Bertz CT molecular complexity index is 1290. The standard InChI is InChI=1S/C30H36N4O4/c1-22-6-8-23(9-7-22)30(36)34(14-4-13-32-12-3-5-28(32)35)21-25-19-24-10-11-26(37-2)20-27(24)31-29(25)33-15-17-38-18-16-33/h6-11,19-20H,3-5,12-18,21H2,1-2H3. The number of hydrogen-bond acceptors (Lipinski definition) is 6. The Labute approximate surface area is 224 Å². The van der Waals surface area contributed by atoms with Gasteiger partial charge in [0.1, 0.15) is 11.6 Å². The lowest BCUT2D eigenvalue weighted by molar-refractivity contribution is -0.127. The van der Waals surface area contributed by atoms with E-state index in [1.165, 1.54) is 0 Å². The van der Waals surface area contributed by atoms with E-state index in [1.807, 2.05) is 59.2 Å². The molecule has 2 aliphatic heterocycles. The number of likely N-dealkylation sites (tertiary alicyclic amines) is 1. The van der Waals surface area contributed by atoms with Crippen molar-refractivity contribution in [2.24, 2.45) is 0 Å². The largest absolute Gasteiger partial charge is 0.497 e. The smallest absolute Gasteiger partial charge is 0.254 e. The number of nitrogens with zero attached hydrogens (tertiary/aromatic N) is 4. The highest BCUT2D eigenvalue weighted by atomic mass is 16.5. The van der Waals surface area contributed by atoms with E-state index in [1.54, 1.807) is 7.11 Å². The molecule has 3 aromatic rings. The summed E-state index contributed by atoms with van der Waals surface area (Å²) in [6, 6.07) is 15.8. The van der Waals surface area contributed by atoms with Crippen molar-refractivity contribution >= 4 is 28.5 Å². The fraction of sp³-hybridized carbons (Fsp3) is 0.433. The number of amides is 2. The van der Waals surface area contributed by atoms with Crippen LogP contribution in [0.4, 0.5) is 5.82 Å². The molecule has 38 heavy (non-hydrogen) atoms. The number of morpholine rings is 1. The molecule has 2 amide bonds. The average molecular weight is 517 g/mol. The fourth-order valence-corrected chi connectivity index (χ4v) is 5.20. The Kier molecular flexibility index (Phi) is 8.08.